The number of hydrogen-bond acceptors (Lipinski definition) is 4. The minimum Gasteiger partial charge on any atom is -0.493 e. The van der Waals surface area contributed by atoms with Crippen LogP contribution in [0.1, 0.15) is 44.0 Å². The molecule has 0 aliphatic heterocycles. The average Bonchev–Trinajstić information content (AvgIpc) is 2.92. The van der Waals surface area contributed by atoms with Gasteiger partial charge in [-0.05, 0) is 26.0 Å². The topological polar surface area (TPSA) is 48.7 Å². The first-order chi connectivity index (χ1) is 11.4. The van der Waals surface area contributed by atoms with Crippen LogP contribution >= 0.6 is 0 Å². The molecule has 0 saturated heterocycles. The van der Waals surface area contributed by atoms with E-state index < -0.39 is 8.07 Å². The summed E-state index contributed by atoms with van der Waals surface area (Å²) in [6.07, 6.45) is 3.20. The molecule has 0 amide bonds. The van der Waals surface area contributed by atoms with Gasteiger partial charge in [0.15, 0.2) is 17.6 Å². The van der Waals surface area contributed by atoms with Crippen molar-refractivity contribution in [1.29, 1.82) is 0 Å². The first kappa shape index (κ1) is 18.6. The Balaban J connectivity index is 2.68. The fourth-order valence-electron chi connectivity index (χ4n) is 3.00. The molecule has 0 radical (unpaired) electrons. The molecule has 0 bridgehead atoms. The molecular weight excluding hydrogens is 320 g/mol. The van der Waals surface area contributed by atoms with Crippen molar-refractivity contribution in [3.63, 3.8) is 0 Å². The zero-order valence-electron chi connectivity index (χ0n) is 15.6. The minimum absolute atomic E-state index is 0.0110. The van der Waals surface area contributed by atoms with Gasteiger partial charge in [-0.3, -0.25) is 4.79 Å². The van der Waals surface area contributed by atoms with Gasteiger partial charge in [0, 0.05) is 5.39 Å². The standard InChI is InChI=1S/C19H28O4Si/c1-7-8-11-24(5,6)19-15(12-20)14-9-10-16(21-4)18(17(14)23-19)22-13(2)3/h9-10,12-13H,7-8,11H2,1-6H3. The molecule has 0 spiro atoms. The van der Waals surface area contributed by atoms with Crippen molar-refractivity contribution < 1.29 is 18.7 Å². The van der Waals surface area contributed by atoms with Gasteiger partial charge < -0.3 is 13.9 Å². The van der Waals surface area contributed by atoms with Gasteiger partial charge in [-0.25, -0.2) is 0 Å². The third-order valence-corrected chi connectivity index (χ3v) is 7.48. The van der Waals surface area contributed by atoms with Gasteiger partial charge in [0.05, 0.1) is 24.2 Å². The van der Waals surface area contributed by atoms with Crippen LogP contribution in [0.15, 0.2) is 16.5 Å². The highest BCUT2D eigenvalue weighted by Crippen LogP contribution is 2.38. The number of methoxy groups -OCH3 is 1. The van der Waals surface area contributed by atoms with Gasteiger partial charge >= 0.3 is 0 Å². The summed E-state index contributed by atoms with van der Waals surface area (Å²) in [4.78, 5) is 11.8. The van der Waals surface area contributed by atoms with E-state index in [2.05, 4.69) is 20.0 Å². The van der Waals surface area contributed by atoms with Crippen LogP contribution < -0.4 is 14.9 Å². The van der Waals surface area contributed by atoms with Crippen molar-refractivity contribution in [3.05, 3.63) is 17.7 Å². The fourth-order valence-corrected chi connectivity index (χ4v) is 5.76. The van der Waals surface area contributed by atoms with E-state index in [4.69, 9.17) is 13.9 Å². The molecule has 0 atom stereocenters. The van der Waals surface area contributed by atoms with Crippen LogP contribution in [-0.2, 0) is 0 Å². The van der Waals surface area contributed by atoms with Gasteiger partial charge in [-0.1, -0.05) is 38.9 Å². The highest BCUT2D eigenvalue weighted by Gasteiger charge is 2.32. The number of hydrogen-bond donors (Lipinski definition) is 0. The van der Waals surface area contributed by atoms with Crippen LogP contribution in [0.25, 0.3) is 11.0 Å². The Bertz CT molecular complexity index is 716. The summed E-state index contributed by atoms with van der Waals surface area (Å²) in [7, 11) is -0.224. The molecule has 132 valence electrons. The summed E-state index contributed by atoms with van der Waals surface area (Å²) in [5.41, 5.74) is 1.30. The van der Waals surface area contributed by atoms with Gasteiger partial charge in [0.2, 0.25) is 5.75 Å². The van der Waals surface area contributed by atoms with Crippen LogP contribution in [0.4, 0.5) is 0 Å². The second-order valence-corrected chi connectivity index (χ2v) is 11.8. The van der Waals surface area contributed by atoms with E-state index in [0.717, 1.165) is 35.9 Å². The summed E-state index contributed by atoms with van der Waals surface area (Å²) in [5.74, 6) is 1.21. The van der Waals surface area contributed by atoms with E-state index in [0.29, 0.717) is 22.6 Å². The number of fused-ring (bicyclic) bond motifs is 1. The molecule has 5 heteroatoms. The molecule has 0 N–H and O–H groups in total. The summed E-state index contributed by atoms with van der Waals surface area (Å²) in [6.45, 7) is 10.6. The summed E-state index contributed by atoms with van der Waals surface area (Å²) in [5, 5.41) is 1.68. The molecule has 1 aromatic heterocycles. The first-order valence-corrected chi connectivity index (χ1v) is 11.8. The Hall–Kier alpha value is -1.75. The Morgan fingerprint density at radius 2 is 2.00 bits per heavy atom. The zero-order valence-corrected chi connectivity index (χ0v) is 16.6. The summed E-state index contributed by atoms with van der Waals surface area (Å²) >= 11 is 0. The fraction of sp³-hybridized carbons (Fsp3) is 0.526. The average molecular weight is 349 g/mol. The third kappa shape index (κ3) is 3.51. The lowest BCUT2D eigenvalue weighted by atomic mass is 10.1. The number of carbonyl (C=O) groups excluding carboxylic acids is 1. The predicted molar refractivity (Wildman–Crippen MR) is 101 cm³/mol. The molecule has 0 saturated carbocycles. The maximum atomic E-state index is 11.8. The number of aldehydes is 1. The largest absolute Gasteiger partial charge is 0.493 e. The molecule has 0 aliphatic rings. The Morgan fingerprint density at radius 1 is 1.29 bits per heavy atom. The van der Waals surface area contributed by atoms with Crippen LogP contribution in [0.3, 0.4) is 0 Å². The van der Waals surface area contributed by atoms with Crippen LogP contribution in [0.5, 0.6) is 11.5 Å². The van der Waals surface area contributed by atoms with E-state index in [-0.39, 0.29) is 6.10 Å². The van der Waals surface area contributed by atoms with Crippen molar-refractivity contribution in [3.8, 4) is 11.5 Å². The van der Waals surface area contributed by atoms with E-state index in [1.54, 1.807) is 7.11 Å². The van der Waals surface area contributed by atoms with Crippen molar-refractivity contribution in [2.24, 2.45) is 0 Å². The third-order valence-electron chi connectivity index (χ3n) is 4.28. The van der Waals surface area contributed by atoms with Gasteiger partial charge in [0.1, 0.15) is 8.07 Å². The highest BCUT2D eigenvalue weighted by atomic mass is 28.3. The molecule has 0 aliphatic carbocycles. The van der Waals surface area contributed by atoms with Crippen molar-refractivity contribution in [2.75, 3.05) is 7.11 Å². The second-order valence-electron chi connectivity index (χ2n) is 7.09. The Morgan fingerprint density at radius 3 is 2.54 bits per heavy atom. The number of benzene rings is 1. The SMILES string of the molecule is CCCC[Si](C)(C)c1oc2c(OC(C)C)c(OC)ccc2c1C=O. The highest BCUT2D eigenvalue weighted by molar-refractivity contribution is 6.89. The molecular formula is C19H28O4Si. The molecule has 1 heterocycles. The van der Waals surface area contributed by atoms with E-state index in [9.17, 15) is 4.79 Å². The van der Waals surface area contributed by atoms with E-state index in [1.807, 2.05) is 26.0 Å². The lowest BCUT2D eigenvalue weighted by Gasteiger charge is -2.19. The second kappa shape index (κ2) is 7.43. The van der Waals surface area contributed by atoms with E-state index in [1.165, 1.54) is 0 Å². The monoisotopic (exact) mass is 348 g/mol. The molecule has 0 unspecified atom stereocenters. The number of carbonyl (C=O) groups is 1. The van der Waals surface area contributed by atoms with E-state index >= 15 is 0 Å². The van der Waals surface area contributed by atoms with Crippen LogP contribution in [0.2, 0.25) is 19.1 Å². The summed E-state index contributed by atoms with van der Waals surface area (Å²) < 4.78 is 17.6. The van der Waals surface area contributed by atoms with Crippen molar-refractivity contribution >= 4 is 30.7 Å². The molecule has 24 heavy (non-hydrogen) atoms. The summed E-state index contributed by atoms with van der Waals surface area (Å²) in [6, 6.07) is 4.83. The predicted octanol–water partition coefficient (Wildman–Crippen LogP) is 4.76. The maximum absolute atomic E-state index is 11.8. The van der Waals surface area contributed by atoms with Crippen molar-refractivity contribution in [2.45, 2.75) is 58.9 Å². The molecule has 2 rings (SSSR count). The van der Waals surface area contributed by atoms with Crippen molar-refractivity contribution in [1.82, 2.24) is 0 Å². The maximum Gasteiger partial charge on any atom is 0.205 e. The van der Waals surface area contributed by atoms with Gasteiger partial charge in [0.25, 0.3) is 0 Å². The van der Waals surface area contributed by atoms with Crippen LogP contribution in [0, 0.1) is 0 Å². The zero-order chi connectivity index (χ0) is 17.9. The molecule has 4 nitrogen and oxygen atoms in total. The Labute approximate surface area is 145 Å². The lowest BCUT2D eigenvalue weighted by molar-refractivity contribution is 0.112. The number of furan rings is 1. The van der Waals surface area contributed by atoms with Gasteiger partial charge in [-0.15, -0.1) is 0 Å². The lowest BCUT2D eigenvalue weighted by Crippen LogP contribution is -2.42. The number of ether oxygens (including phenoxy) is 2. The molecule has 1 aromatic carbocycles. The first-order valence-electron chi connectivity index (χ1n) is 8.61. The number of unbranched alkanes of at least 4 members (excludes halogenated alkanes) is 1. The smallest absolute Gasteiger partial charge is 0.205 e. The van der Waals surface area contributed by atoms with Gasteiger partial charge in [-0.2, -0.15) is 0 Å². The normalized spacial score (nSPS) is 12.0. The quantitative estimate of drug-likeness (QED) is 0.510. The van der Waals surface area contributed by atoms with Crippen LogP contribution in [-0.4, -0.2) is 27.6 Å². The number of rotatable bonds is 8. The Kier molecular flexibility index (Phi) is 5.75. The molecule has 2 aromatic rings. The minimum atomic E-state index is -1.83. The molecule has 0 fully saturated rings.